The molecule has 3 rings (SSSR count). The summed E-state index contributed by atoms with van der Waals surface area (Å²) in [6.45, 7) is 4.59. The molecule has 1 aliphatic heterocycles. The van der Waals surface area contributed by atoms with Crippen LogP contribution in [0.5, 0.6) is 0 Å². The highest BCUT2D eigenvalue weighted by atomic mass is 19.1. The van der Waals surface area contributed by atoms with E-state index in [1.165, 1.54) is 11.6 Å². The van der Waals surface area contributed by atoms with Crippen LogP contribution < -0.4 is 0 Å². The average Bonchev–Trinajstić information content (AvgIpc) is 2.55. The maximum absolute atomic E-state index is 13.4. The maximum atomic E-state index is 13.4. The third-order valence-corrected chi connectivity index (χ3v) is 4.15. The summed E-state index contributed by atoms with van der Waals surface area (Å²) in [4.78, 5) is 2.40. The standard InChI is InChI=1S/C18H20FNO/c1-14(15-6-3-2-4-7-15)20-10-11-21-18(13-20)16-8-5-9-17(19)12-16/h2-9,12,14,18H,10-11,13H2,1H3/t14-,18+/m1/s1. The van der Waals surface area contributed by atoms with Gasteiger partial charge in [0.15, 0.2) is 0 Å². The summed E-state index contributed by atoms with van der Waals surface area (Å²) in [5.41, 5.74) is 2.22. The second-order valence-electron chi connectivity index (χ2n) is 5.50. The van der Waals surface area contributed by atoms with Gasteiger partial charge in [0, 0.05) is 19.1 Å². The Morgan fingerprint density at radius 2 is 1.95 bits per heavy atom. The lowest BCUT2D eigenvalue weighted by molar-refractivity contribution is -0.0432. The molecular formula is C18H20FNO. The molecule has 1 saturated heterocycles. The minimum atomic E-state index is -0.204. The number of morpholine rings is 1. The van der Waals surface area contributed by atoms with Gasteiger partial charge in [-0.25, -0.2) is 4.39 Å². The fraction of sp³-hybridized carbons (Fsp3) is 0.333. The van der Waals surface area contributed by atoms with Gasteiger partial charge in [-0.3, -0.25) is 4.90 Å². The van der Waals surface area contributed by atoms with E-state index >= 15 is 0 Å². The van der Waals surface area contributed by atoms with E-state index in [2.05, 4.69) is 36.1 Å². The van der Waals surface area contributed by atoms with Gasteiger partial charge in [0.1, 0.15) is 5.82 Å². The molecule has 0 spiro atoms. The average molecular weight is 285 g/mol. The van der Waals surface area contributed by atoms with Gasteiger partial charge in [-0.1, -0.05) is 42.5 Å². The second-order valence-corrected chi connectivity index (χ2v) is 5.50. The molecule has 2 aromatic rings. The number of rotatable bonds is 3. The molecule has 0 aliphatic carbocycles. The van der Waals surface area contributed by atoms with Crippen molar-refractivity contribution < 1.29 is 9.13 Å². The van der Waals surface area contributed by atoms with Gasteiger partial charge in [-0.2, -0.15) is 0 Å². The predicted molar refractivity (Wildman–Crippen MR) is 81.5 cm³/mol. The molecule has 2 aromatic carbocycles. The lowest BCUT2D eigenvalue weighted by atomic mass is 10.0. The van der Waals surface area contributed by atoms with Crippen LogP contribution in [0, 0.1) is 5.82 Å². The largest absolute Gasteiger partial charge is 0.371 e. The third kappa shape index (κ3) is 3.31. The van der Waals surface area contributed by atoms with Crippen molar-refractivity contribution in [3.8, 4) is 0 Å². The minimum absolute atomic E-state index is 0.0550. The van der Waals surface area contributed by atoms with E-state index in [4.69, 9.17) is 4.74 Å². The fourth-order valence-electron chi connectivity index (χ4n) is 2.87. The van der Waals surface area contributed by atoms with Crippen LogP contribution in [0.25, 0.3) is 0 Å². The zero-order valence-corrected chi connectivity index (χ0v) is 12.2. The number of nitrogens with zero attached hydrogens (tertiary/aromatic N) is 1. The smallest absolute Gasteiger partial charge is 0.123 e. The third-order valence-electron chi connectivity index (χ3n) is 4.15. The maximum Gasteiger partial charge on any atom is 0.123 e. The van der Waals surface area contributed by atoms with Gasteiger partial charge in [0.05, 0.1) is 12.7 Å². The van der Waals surface area contributed by atoms with E-state index in [1.54, 1.807) is 12.1 Å². The molecule has 0 saturated carbocycles. The van der Waals surface area contributed by atoms with Crippen LogP contribution in [0.4, 0.5) is 4.39 Å². The molecule has 3 heteroatoms. The summed E-state index contributed by atoms with van der Waals surface area (Å²) in [6, 6.07) is 17.5. The molecule has 0 unspecified atom stereocenters. The summed E-state index contributed by atoms with van der Waals surface area (Å²) in [7, 11) is 0. The topological polar surface area (TPSA) is 12.5 Å². The molecule has 1 heterocycles. The van der Waals surface area contributed by atoms with Crippen LogP contribution in [0.15, 0.2) is 54.6 Å². The SMILES string of the molecule is C[C@H](c1ccccc1)N1CCO[C@H](c2cccc(F)c2)C1. The molecule has 0 bridgehead atoms. The number of benzene rings is 2. The first-order valence-corrected chi connectivity index (χ1v) is 7.40. The molecular weight excluding hydrogens is 265 g/mol. The molecule has 0 N–H and O–H groups in total. The number of halogens is 1. The van der Waals surface area contributed by atoms with Crippen molar-refractivity contribution in [1.29, 1.82) is 0 Å². The summed E-state index contributed by atoms with van der Waals surface area (Å²) < 4.78 is 19.2. The summed E-state index contributed by atoms with van der Waals surface area (Å²) in [5, 5.41) is 0. The van der Waals surface area contributed by atoms with Gasteiger partial charge in [-0.05, 0) is 30.2 Å². The van der Waals surface area contributed by atoms with E-state index in [0.717, 1.165) is 18.7 Å². The minimum Gasteiger partial charge on any atom is -0.371 e. The van der Waals surface area contributed by atoms with E-state index in [9.17, 15) is 4.39 Å². The number of hydrogen-bond acceptors (Lipinski definition) is 2. The van der Waals surface area contributed by atoms with Crippen molar-refractivity contribution in [3.63, 3.8) is 0 Å². The highest BCUT2D eigenvalue weighted by Crippen LogP contribution is 2.28. The van der Waals surface area contributed by atoms with Crippen LogP contribution in [-0.2, 0) is 4.74 Å². The molecule has 110 valence electrons. The molecule has 21 heavy (non-hydrogen) atoms. The Hall–Kier alpha value is -1.71. The van der Waals surface area contributed by atoms with Crippen LogP contribution in [-0.4, -0.2) is 24.6 Å². The summed E-state index contributed by atoms with van der Waals surface area (Å²) >= 11 is 0. The Kier molecular flexibility index (Phi) is 4.32. The first-order valence-electron chi connectivity index (χ1n) is 7.40. The monoisotopic (exact) mass is 285 g/mol. The van der Waals surface area contributed by atoms with Gasteiger partial charge in [0.25, 0.3) is 0 Å². The van der Waals surface area contributed by atoms with Crippen molar-refractivity contribution >= 4 is 0 Å². The number of hydrogen-bond donors (Lipinski definition) is 0. The highest BCUT2D eigenvalue weighted by molar-refractivity contribution is 5.21. The predicted octanol–water partition coefficient (Wildman–Crippen LogP) is 3.96. The van der Waals surface area contributed by atoms with Gasteiger partial charge >= 0.3 is 0 Å². The lowest BCUT2D eigenvalue weighted by Gasteiger charge is -2.37. The van der Waals surface area contributed by atoms with Crippen molar-refractivity contribution in [1.82, 2.24) is 4.90 Å². The van der Waals surface area contributed by atoms with Gasteiger partial charge in [-0.15, -0.1) is 0 Å². The summed E-state index contributed by atoms with van der Waals surface area (Å²) in [5.74, 6) is -0.204. The molecule has 2 atom stereocenters. The Bertz CT molecular complexity index is 587. The van der Waals surface area contributed by atoms with Crippen LogP contribution in [0.3, 0.4) is 0 Å². The van der Waals surface area contributed by atoms with Crippen molar-refractivity contribution in [2.75, 3.05) is 19.7 Å². The highest BCUT2D eigenvalue weighted by Gasteiger charge is 2.26. The Balaban J connectivity index is 1.74. The van der Waals surface area contributed by atoms with Gasteiger partial charge < -0.3 is 4.74 Å². The molecule has 2 nitrogen and oxygen atoms in total. The second kappa shape index (κ2) is 6.37. The molecule has 0 amide bonds. The van der Waals surface area contributed by atoms with Crippen LogP contribution in [0.2, 0.25) is 0 Å². The quantitative estimate of drug-likeness (QED) is 0.846. The molecule has 0 aromatic heterocycles. The normalized spacial score (nSPS) is 21.1. The van der Waals surface area contributed by atoms with Crippen LogP contribution in [0.1, 0.15) is 30.2 Å². The molecule has 0 radical (unpaired) electrons. The first kappa shape index (κ1) is 14.2. The molecule has 1 fully saturated rings. The van der Waals surface area contributed by atoms with Crippen LogP contribution >= 0.6 is 0 Å². The summed E-state index contributed by atoms with van der Waals surface area (Å²) in [6.07, 6.45) is -0.0550. The Labute approximate surface area is 125 Å². The van der Waals surface area contributed by atoms with E-state index in [-0.39, 0.29) is 11.9 Å². The van der Waals surface area contributed by atoms with E-state index in [0.29, 0.717) is 12.6 Å². The van der Waals surface area contributed by atoms with Crippen molar-refractivity contribution in [2.45, 2.75) is 19.1 Å². The van der Waals surface area contributed by atoms with Crippen molar-refractivity contribution in [2.24, 2.45) is 0 Å². The van der Waals surface area contributed by atoms with E-state index < -0.39 is 0 Å². The zero-order chi connectivity index (χ0) is 14.7. The lowest BCUT2D eigenvalue weighted by Crippen LogP contribution is -2.39. The Morgan fingerprint density at radius 1 is 1.14 bits per heavy atom. The fourth-order valence-corrected chi connectivity index (χ4v) is 2.87. The number of ether oxygens (including phenoxy) is 1. The zero-order valence-electron chi connectivity index (χ0n) is 12.2. The van der Waals surface area contributed by atoms with Gasteiger partial charge in [0.2, 0.25) is 0 Å². The first-order chi connectivity index (χ1) is 10.2. The molecule has 1 aliphatic rings. The van der Waals surface area contributed by atoms with Crippen molar-refractivity contribution in [3.05, 3.63) is 71.5 Å². The van der Waals surface area contributed by atoms with E-state index in [1.807, 2.05) is 12.1 Å². The Morgan fingerprint density at radius 3 is 2.71 bits per heavy atom.